The zero-order valence-electron chi connectivity index (χ0n) is 18.6. The van der Waals surface area contributed by atoms with Gasteiger partial charge in [0.2, 0.25) is 0 Å². The van der Waals surface area contributed by atoms with E-state index in [0.29, 0.717) is 11.8 Å². The van der Waals surface area contributed by atoms with Crippen molar-refractivity contribution >= 4 is 5.96 Å². The molecular formula is C23H39N3O3. The average Bonchev–Trinajstić information content (AvgIpc) is 3.23. The minimum atomic E-state index is 0.158. The summed E-state index contributed by atoms with van der Waals surface area (Å²) in [5, 5.41) is 6.80. The van der Waals surface area contributed by atoms with E-state index in [0.717, 1.165) is 70.7 Å². The van der Waals surface area contributed by atoms with Crippen LogP contribution in [0.25, 0.3) is 0 Å². The highest BCUT2D eigenvalue weighted by Gasteiger charge is 2.15. The molecule has 2 unspecified atom stereocenters. The lowest BCUT2D eigenvalue weighted by atomic mass is 10.1. The highest BCUT2D eigenvalue weighted by molar-refractivity contribution is 5.80. The molecule has 1 aliphatic rings. The topological polar surface area (TPSA) is 64.1 Å². The third-order valence-electron chi connectivity index (χ3n) is 4.76. The molecule has 1 aromatic rings. The summed E-state index contributed by atoms with van der Waals surface area (Å²) in [6.07, 6.45) is 2.04. The Balaban J connectivity index is 1.73. The third kappa shape index (κ3) is 9.50. The van der Waals surface area contributed by atoms with Crippen LogP contribution >= 0.6 is 0 Å². The molecule has 1 saturated heterocycles. The van der Waals surface area contributed by atoms with E-state index in [-0.39, 0.29) is 6.04 Å². The van der Waals surface area contributed by atoms with Crippen LogP contribution in [0.15, 0.2) is 29.3 Å². The van der Waals surface area contributed by atoms with Crippen molar-refractivity contribution < 1.29 is 14.2 Å². The van der Waals surface area contributed by atoms with Gasteiger partial charge in [-0.05, 0) is 50.3 Å². The number of ether oxygens (including phenoxy) is 3. The standard InChI is InChI=1S/C23H39N3O3/c1-5-24-23(25-12-6-13-27-16-20-11-14-28-17-20)26-19(4)21-7-9-22(10-8-21)29-15-18(2)3/h7-10,18-20H,5-6,11-17H2,1-4H3,(H2,24,25,26). The number of nitrogens with one attached hydrogen (secondary N) is 2. The lowest BCUT2D eigenvalue weighted by Crippen LogP contribution is -2.38. The second-order valence-corrected chi connectivity index (χ2v) is 8.06. The van der Waals surface area contributed by atoms with E-state index in [4.69, 9.17) is 14.2 Å². The summed E-state index contributed by atoms with van der Waals surface area (Å²) in [5.41, 5.74) is 1.20. The first kappa shape index (κ1) is 23.5. The van der Waals surface area contributed by atoms with Gasteiger partial charge in [-0.15, -0.1) is 0 Å². The summed E-state index contributed by atoms with van der Waals surface area (Å²) < 4.78 is 16.9. The number of nitrogens with zero attached hydrogens (tertiary/aromatic N) is 1. The molecule has 0 bridgehead atoms. The largest absolute Gasteiger partial charge is 0.493 e. The van der Waals surface area contributed by atoms with Crippen molar-refractivity contribution in [3.63, 3.8) is 0 Å². The normalized spacial score (nSPS) is 18.1. The molecule has 6 nitrogen and oxygen atoms in total. The number of hydrogen-bond acceptors (Lipinski definition) is 4. The van der Waals surface area contributed by atoms with Gasteiger partial charge in [0.1, 0.15) is 5.75 Å². The molecule has 2 rings (SSSR count). The van der Waals surface area contributed by atoms with E-state index >= 15 is 0 Å². The van der Waals surface area contributed by atoms with E-state index < -0.39 is 0 Å². The van der Waals surface area contributed by atoms with Gasteiger partial charge in [0.15, 0.2) is 5.96 Å². The number of aliphatic imine (C=N–C) groups is 1. The molecule has 2 atom stereocenters. The van der Waals surface area contributed by atoms with Crippen molar-refractivity contribution in [1.82, 2.24) is 10.6 Å². The molecule has 6 heteroatoms. The van der Waals surface area contributed by atoms with Gasteiger partial charge in [-0.25, -0.2) is 0 Å². The molecule has 2 N–H and O–H groups in total. The minimum absolute atomic E-state index is 0.158. The Kier molecular flexibility index (Phi) is 10.9. The van der Waals surface area contributed by atoms with Crippen molar-refractivity contribution in [2.75, 3.05) is 46.1 Å². The summed E-state index contributed by atoms with van der Waals surface area (Å²) >= 11 is 0. The fourth-order valence-electron chi connectivity index (χ4n) is 3.05. The predicted octanol–water partition coefficient (Wildman–Crippen LogP) is 3.78. The van der Waals surface area contributed by atoms with E-state index in [1.807, 2.05) is 12.1 Å². The highest BCUT2D eigenvalue weighted by Crippen LogP contribution is 2.18. The first-order valence-electron chi connectivity index (χ1n) is 11.0. The van der Waals surface area contributed by atoms with E-state index in [1.54, 1.807) is 0 Å². The Morgan fingerprint density at radius 2 is 2.03 bits per heavy atom. The van der Waals surface area contributed by atoms with Crippen LogP contribution in [0.1, 0.15) is 52.1 Å². The molecule has 1 heterocycles. The van der Waals surface area contributed by atoms with Gasteiger partial charge >= 0.3 is 0 Å². The summed E-state index contributed by atoms with van der Waals surface area (Å²) in [6, 6.07) is 8.44. The molecule has 1 aliphatic heterocycles. The Bertz CT molecular complexity index is 584. The number of rotatable bonds is 12. The Morgan fingerprint density at radius 1 is 1.24 bits per heavy atom. The predicted molar refractivity (Wildman–Crippen MR) is 119 cm³/mol. The van der Waals surface area contributed by atoms with E-state index in [2.05, 4.69) is 55.5 Å². The minimum Gasteiger partial charge on any atom is -0.493 e. The fraction of sp³-hybridized carbons (Fsp3) is 0.696. The summed E-state index contributed by atoms with van der Waals surface area (Å²) in [5.74, 6) is 2.85. The number of benzene rings is 1. The van der Waals surface area contributed by atoms with Crippen LogP contribution in [0.5, 0.6) is 5.75 Å². The van der Waals surface area contributed by atoms with Gasteiger partial charge in [-0.2, -0.15) is 0 Å². The molecule has 0 spiro atoms. The second-order valence-electron chi connectivity index (χ2n) is 8.06. The molecule has 1 fully saturated rings. The molecule has 29 heavy (non-hydrogen) atoms. The van der Waals surface area contributed by atoms with Crippen LogP contribution in [-0.4, -0.2) is 52.1 Å². The average molecular weight is 406 g/mol. The van der Waals surface area contributed by atoms with Crippen LogP contribution in [-0.2, 0) is 9.47 Å². The van der Waals surface area contributed by atoms with Crippen molar-refractivity contribution in [3.8, 4) is 5.75 Å². The van der Waals surface area contributed by atoms with Gasteiger partial charge in [0, 0.05) is 32.2 Å². The summed E-state index contributed by atoms with van der Waals surface area (Å²) in [4.78, 5) is 4.68. The molecule has 0 amide bonds. The fourth-order valence-corrected chi connectivity index (χ4v) is 3.05. The van der Waals surface area contributed by atoms with E-state index in [9.17, 15) is 0 Å². The molecular weight excluding hydrogens is 366 g/mol. The van der Waals surface area contributed by atoms with Crippen LogP contribution in [0, 0.1) is 11.8 Å². The molecule has 0 aromatic heterocycles. The molecule has 0 radical (unpaired) electrons. The van der Waals surface area contributed by atoms with Crippen molar-refractivity contribution in [2.24, 2.45) is 16.8 Å². The smallest absolute Gasteiger partial charge is 0.191 e. The van der Waals surface area contributed by atoms with Crippen molar-refractivity contribution in [2.45, 2.75) is 46.6 Å². The van der Waals surface area contributed by atoms with Gasteiger partial charge in [-0.1, -0.05) is 26.0 Å². The van der Waals surface area contributed by atoms with Crippen LogP contribution in [0.2, 0.25) is 0 Å². The summed E-state index contributed by atoms with van der Waals surface area (Å²) in [7, 11) is 0. The molecule has 1 aromatic carbocycles. The Labute approximate surface area is 176 Å². The molecule has 0 saturated carbocycles. The first-order chi connectivity index (χ1) is 14.1. The number of hydrogen-bond donors (Lipinski definition) is 2. The quantitative estimate of drug-likeness (QED) is 0.315. The monoisotopic (exact) mass is 405 g/mol. The van der Waals surface area contributed by atoms with Gasteiger partial charge in [0.25, 0.3) is 0 Å². The lowest BCUT2D eigenvalue weighted by molar-refractivity contribution is 0.0893. The van der Waals surface area contributed by atoms with Crippen LogP contribution in [0.4, 0.5) is 0 Å². The highest BCUT2D eigenvalue weighted by atomic mass is 16.5. The maximum absolute atomic E-state index is 5.76. The van der Waals surface area contributed by atoms with E-state index in [1.165, 1.54) is 5.56 Å². The Hall–Kier alpha value is -1.79. The molecule has 0 aliphatic carbocycles. The van der Waals surface area contributed by atoms with Gasteiger partial charge < -0.3 is 24.8 Å². The zero-order valence-corrected chi connectivity index (χ0v) is 18.6. The lowest BCUT2D eigenvalue weighted by Gasteiger charge is -2.19. The van der Waals surface area contributed by atoms with Crippen molar-refractivity contribution in [1.29, 1.82) is 0 Å². The second kappa shape index (κ2) is 13.4. The van der Waals surface area contributed by atoms with Gasteiger partial charge in [0.05, 0.1) is 25.9 Å². The third-order valence-corrected chi connectivity index (χ3v) is 4.76. The SMILES string of the molecule is CCNC(=NCCCOCC1CCOC1)NC(C)c1ccc(OCC(C)C)cc1. The summed E-state index contributed by atoms with van der Waals surface area (Å²) in [6.45, 7) is 14.1. The molecule has 164 valence electrons. The van der Waals surface area contributed by atoms with Crippen LogP contribution < -0.4 is 15.4 Å². The maximum atomic E-state index is 5.76. The van der Waals surface area contributed by atoms with Gasteiger partial charge in [-0.3, -0.25) is 4.99 Å². The maximum Gasteiger partial charge on any atom is 0.191 e. The first-order valence-corrected chi connectivity index (χ1v) is 11.0. The van der Waals surface area contributed by atoms with Crippen LogP contribution in [0.3, 0.4) is 0 Å². The Morgan fingerprint density at radius 3 is 2.69 bits per heavy atom. The number of guanidine groups is 1. The van der Waals surface area contributed by atoms with Crippen molar-refractivity contribution in [3.05, 3.63) is 29.8 Å². The zero-order chi connectivity index (χ0) is 20.9.